The number of carbonyl (C=O) groups is 4. The summed E-state index contributed by atoms with van der Waals surface area (Å²) >= 11 is 0. The fourth-order valence-corrected chi connectivity index (χ4v) is 3.72. The molecule has 12 nitrogen and oxygen atoms in total. The molecule has 0 amide bonds. The number of fused-ring (bicyclic) bond motifs is 1. The molecule has 1 unspecified atom stereocenters. The van der Waals surface area contributed by atoms with E-state index >= 15 is 0 Å². The predicted octanol–water partition coefficient (Wildman–Crippen LogP) is 3.93. The van der Waals surface area contributed by atoms with Gasteiger partial charge in [-0.3, -0.25) is 14.9 Å². The molecule has 0 saturated carbocycles. The molecule has 2 aromatic heterocycles. The van der Waals surface area contributed by atoms with E-state index in [1.807, 2.05) is 6.07 Å². The molecule has 0 bridgehead atoms. The molecular weight excluding hydrogens is 657 g/mol. The zero-order valence-corrected chi connectivity index (χ0v) is 23.0. The van der Waals surface area contributed by atoms with E-state index in [1.54, 1.807) is 24.5 Å². The van der Waals surface area contributed by atoms with Crippen LogP contribution in [0.2, 0.25) is 0 Å². The number of halogens is 9. The predicted molar refractivity (Wildman–Crippen MR) is 134 cm³/mol. The number of hydrogen-bond donors (Lipinski definition) is 4. The summed E-state index contributed by atoms with van der Waals surface area (Å²) in [6.45, 7) is 3.50. The highest BCUT2D eigenvalue weighted by molar-refractivity contribution is 5.95. The van der Waals surface area contributed by atoms with Gasteiger partial charge in [-0.25, -0.2) is 19.2 Å². The Balaban J connectivity index is 0.000000413. The van der Waals surface area contributed by atoms with Crippen LogP contribution in [0.25, 0.3) is 11.3 Å². The third-order valence-corrected chi connectivity index (χ3v) is 5.83. The van der Waals surface area contributed by atoms with Crippen molar-refractivity contribution in [1.82, 2.24) is 14.9 Å². The highest BCUT2D eigenvalue weighted by Gasteiger charge is 2.39. The number of ether oxygens (including phenoxy) is 1. The summed E-state index contributed by atoms with van der Waals surface area (Å²) in [6, 6.07) is 5.91. The Labute approximate surface area is 252 Å². The highest BCUT2D eigenvalue weighted by Crippen LogP contribution is 2.27. The first-order valence-corrected chi connectivity index (χ1v) is 12.4. The maximum Gasteiger partial charge on any atom is 0.490 e. The van der Waals surface area contributed by atoms with E-state index in [0.717, 1.165) is 62.4 Å². The van der Waals surface area contributed by atoms with Crippen LogP contribution in [0.5, 0.6) is 0 Å². The molecule has 2 aliphatic rings. The number of rotatable bonds is 3. The topological polar surface area (TPSA) is 187 Å². The smallest absolute Gasteiger partial charge is 0.478 e. The third-order valence-electron chi connectivity index (χ3n) is 5.83. The fraction of sp³-hybridized carbons (Fsp3) is 0.440. The van der Waals surface area contributed by atoms with Crippen molar-refractivity contribution in [2.75, 3.05) is 26.3 Å². The van der Waals surface area contributed by atoms with Gasteiger partial charge in [0.25, 0.3) is 0 Å². The van der Waals surface area contributed by atoms with Crippen molar-refractivity contribution < 1.29 is 83.9 Å². The average molecular weight is 681 g/mol. The van der Waals surface area contributed by atoms with Crippen molar-refractivity contribution >= 4 is 23.9 Å². The van der Waals surface area contributed by atoms with Crippen molar-refractivity contribution in [3.8, 4) is 11.3 Å². The summed E-state index contributed by atoms with van der Waals surface area (Å²) in [5.41, 5.74) is 3.66. The lowest BCUT2D eigenvalue weighted by atomic mass is 10.0. The van der Waals surface area contributed by atoms with E-state index in [0.29, 0.717) is 11.7 Å². The van der Waals surface area contributed by atoms with Gasteiger partial charge in [0.05, 0.1) is 17.9 Å². The second kappa shape index (κ2) is 16.7. The molecule has 2 aliphatic heterocycles. The van der Waals surface area contributed by atoms with E-state index in [9.17, 15) is 49.4 Å². The number of carboxylic acids is 4. The summed E-state index contributed by atoms with van der Waals surface area (Å²) < 4.78 is 101. The molecule has 1 fully saturated rings. The molecular formula is C25H24F9N3O9. The largest absolute Gasteiger partial charge is 0.490 e. The first-order valence-electron chi connectivity index (χ1n) is 12.4. The Morgan fingerprint density at radius 2 is 1.24 bits per heavy atom. The zero-order valence-electron chi connectivity index (χ0n) is 23.0. The maximum atomic E-state index is 11.8. The quantitative estimate of drug-likeness (QED) is 0.343. The molecule has 21 heteroatoms. The van der Waals surface area contributed by atoms with Gasteiger partial charge in [0.1, 0.15) is 0 Å². The Bertz CT molecular complexity index is 1290. The van der Waals surface area contributed by atoms with Crippen molar-refractivity contribution in [3.05, 3.63) is 47.4 Å². The maximum absolute atomic E-state index is 11.8. The number of hydrogen-bond acceptors (Lipinski definition) is 8. The molecule has 1 saturated heterocycles. The van der Waals surface area contributed by atoms with Crippen LogP contribution < -0.4 is 0 Å². The number of pyridine rings is 2. The van der Waals surface area contributed by atoms with Crippen molar-refractivity contribution in [2.45, 2.75) is 43.8 Å². The highest BCUT2D eigenvalue weighted by atomic mass is 19.4. The van der Waals surface area contributed by atoms with Gasteiger partial charge >= 0.3 is 42.4 Å². The molecule has 0 spiro atoms. The van der Waals surface area contributed by atoms with Gasteiger partial charge in [-0.2, -0.15) is 39.5 Å². The van der Waals surface area contributed by atoms with Crippen LogP contribution >= 0.6 is 0 Å². The number of aromatic nitrogens is 2. The molecule has 4 N–H and O–H groups in total. The summed E-state index contributed by atoms with van der Waals surface area (Å²) in [5.74, 6) is -9.21. The number of alkyl halides is 9. The summed E-state index contributed by atoms with van der Waals surface area (Å²) in [5, 5.41) is 31.0. The van der Waals surface area contributed by atoms with Crippen molar-refractivity contribution in [3.63, 3.8) is 0 Å². The first kappa shape index (κ1) is 39.5. The number of carboxylic acid groups (broad SMARTS) is 4. The second-order valence-electron chi connectivity index (χ2n) is 8.99. The molecule has 4 heterocycles. The van der Waals surface area contributed by atoms with Crippen LogP contribution in [0.3, 0.4) is 0 Å². The van der Waals surface area contributed by atoms with Crippen molar-refractivity contribution in [2.24, 2.45) is 0 Å². The monoisotopic (exact) mass is 681 g/mol. The lowest BCUT2D eigenvalue weighted by molar-refractivity contribution is -0.193. The van der Waals surface area contributed by atoms with Gasteiger partial charge in [-0.05, 0) is 36.6 Å². The van der Waals surface area contributed by atoms with Gasteiger partial charge in [0.15, 0.2) is 0 Å². The summed E-state index contributed by atoms with van der Waals surface area (Å²) in [6.07, 6.45) is -9.18. The van der Waals surface area contributed by atoms with Crippen LogP contribution in [-0.2, 0) is 32.0 Å². The van der Waals surface area contributed by atoms with Crippen LogP contribution in [-0.4, -0.2) is 110 Å². The van der Waals surface area contributed by atoms with Gasteiger partial charge < -0.3 is 25.2 Å². The summed E-state index contributed by atoms with van der Waals surface area (Å²) in [4.78, 5) is 49.7. The first-order chi connectivity index (χ1) is 21.1. The van der Waals surface area contributed by atoms with Crippen LogP contribution in [0.1, 0.15) is 28.0 Å². The Morgan fingerprint density at radius 3 is 1.63 bits per heavy atom. The molecule has 2 aromatic rings. The number of aromatic carboxylic acids is 1. The Kier molecular flexibility index (Phi) is 14.3. The van der Waals surface area contributed by atoms with E-state index in [4.69, 9.17) is 39.4 Å². The average Bonchev–Trinajstić information content (AvgIpc) is 3.40. The fourth-order valence-electron chi connectivity index (χ4n) is 3.72. The lowest BCUT2D eigenvalue weighted by Crippen LogP contribution is -2.37. The molecule has 4 rings (SSSR count). The minimum absolute atomic E-state index is 0.266. The zero-order chi connectivity index (χ0) is 35.5. The van der Waals surface area contributed by atoms with Crippen LogP contribution in [0, 0.1) is 0 Å². The number of nitrogens with zero attached hydrogens (tertiary/aromatic N) is 3. The minimum Gasteiger partial charge on any atom is -0.478 e. The molecule has 256 valence electrons. The van der Waals surface area contributed by atoms with E-state index in [-0.39, 0.29) is 5.56 Å². The van der Waals surface area contributed by atoms with E-state index in [2.05, 4.69) is 9.88 Å². The van der Waals surface area contributed by atoms with Gasteiger partial charge in [-0.1, -0.05) is 0 Å². The third kappa shape index (κ3) is 13.2. The lowest BCUT2D eigenvalue weighted by Gasteiger charge is -2.25. The van der Waals surface area contributed by atoms with Gasteiger partial charge in [-0.15, -0.1) is 0 Å². The Morgan fingerprint density at radius 1 is 0.783 bits per heavy atom. The van der Waals surface area contributed by atoms with Gasteiger partial charge in [0, 0.05) is 55.8 Å². The molecule has 0 radical (unpaired) electrons. The Hall–Kier alpha value is -4.53. The van der Waals surface area contributed by atoms with Crippen molar-refractivity contribution in [1.29, 1.82) is 0 Å². The SMILES string of the molecule is O=C(O)C(F)(F)F.O=C(O)C(F)(F)F.O=C(O)C(F)(F)F.O=C(O)c1cc2c(nc1-c1ccncc1)CCN(C1CCOC1)CC2. The molecule has 46 heavy (non-hydrogen) atoms. The molecule has 0 aliphatic carbocycles. The molecule has 1 atom stereocenters. The number of aliphatic carboxylic acids is 3. The van der Waals surface area contributed by atoms with Crippen LogP contribution in [0.15, 0.2) is 30.6 Å². The van der Waals surface area contributed by atoms with Gasteiger partial charge in [0.2, 0.25) is 0 Å². The van der Waals surface area contributed by atoms with Crippen LogP contribution in [0.4, 0.5) is 39.5 Å². The normalized spacial score (nSPS) is 16.5. The standard InChI is InChI=1S/C19H21N3O3.3C2HF3O2/c23-19(24)16-11-14-3-8-22(15-5-10-25-12-15)9-4-17(14)21-18(16)13-1-6-20-7-2-13;3*3-2(4,5)1(6)7/h1-2,6-7,11,15H,3-5,8-10,12H2,(H,23,24);3*(H,6,7). The minimum atomic E-state index is -5.08. The van der Waals surface area contributed by atoms with E-state index < -0.39 is 42.4 Å². The molecule has 0 aromatic carbocycles. The summed E-state index contributed by atoms with van der Waals surface area (Å²) in [7, 11) is 0. The van der Waals surface area contributed by atoms with E-state index in [1.165, 1.54) is 0 Å². The second-order valence-corrected chi connectivity index (χ2v) is 8.99.